The van der Waals surface area contributed by atoms with Crippen LogP contribution in [0.2, 0.25) is 10.0 Å². The molecule has 0 saturated carbocycles. The van der Waals surface area contributed by atoms with Crippen molar-refractivity contribution < 1.29 is 22.4 Å². The second-order valence-electron chi connectivity index (χ2n) is 6.39. The average molecular weight is 464 g/mol. The summed E-state index contributed by atoms with van der Waals surface area (Å²) in [6, 6.07) is 4.32. The molecule has 3 rings (SSSR count). The van der Waals surface area contributed by atoms with Gasteiger partial charge in [-0.3, -0.25) is 14.2 Å². The molecule has 0 aliphatic heterocycles. The molecule has 0 radical (unpaired) electrons. The lowest BCUT2D eigenvalue weighted by Gasteiger charge is -2.06. The molecule has 2 aromatic heterocycles. The van der Waals surface area contributed by atoms with Crippen LogP contribution in [-0.4, -0.2) is 25.5 Å². The lowest BCUT2D eigenvalue weighted by molar-refractivity contribution is -0.141. The SMILES string of the molecule is Cc1c(Cl)c(C(F)(F)F)nn1CCC(=O)Nc1cnn(Cc2c(F)cccc2Cl)c1. The van der Waals surface area contributed by atoms with E-state index in [1.165, 1.54) is 36.1 Å². The van der Waals surface area contributed by atoms with Crippen LogP contribution in [0.25, 0.3) is 0 Å². The van der Waals surface area contributed by atoms with Crippen LogP contribution < -0.4 is 5.32 Å². The van der Waals surface area contributed by atoms with Gasteiger partial charge in [-0.15, -0.1) is 0 Å². The van der Waals surface area contributed by atoms with E-state index < -0.39 is 28.6 Å². The molecule has 0 aliphatic carbocycles. The second kappa shape index (κ2) is 8.65. The van der Waals surface area contributed by atoms with Gasteiger partial charge in [0.15, 0.2) is 5.69 Å². The number of anilines is 1. The number of carbonyl (C=O) groups excluding carboxylic acids is 1. The zero-order chi connectivity index (χ0) is 22.1. The summed E-state index contributed by atoms with van der Waals surface area (Å²) in [4.78, 5) is 12.1. The first-order chi connectivity index (χ1) is 14.1. The number of aryl methyl sites for hydroxylation is 1. The van der Waals surface area contributed by atoms with Crippen molar-refractivity contribution in [2.75, 3.05) is 5.32 Å². The summed E-state index contributed by atoms with van der Waals surface area (Å²) in [6.45, 7) is 1.36. The molecule has 0 bridgehead atoms. The number of halogens is 6. The van der Waals surface area contributed by atoms with Crippen molar-refractivity contribution in [3.8, 4) is 0 Å². The van der Waals surface area contributed by atoms with Gasteiger partial charge in [-0.05, 0) is 19.1 Å². The van der Waals surface area contributed by atoms with E-state index in [1.54, 1.807) is 6.07 Å². The van der Waals surface area contributed by atoms with Gasteiger partial charge < -0.3 is 5.32 Å². The summed E-state index contributed by atoms with van der Waals surface area (Å²) in [5.41, 5.74) is -0.466. The lowest BCUT2D eigenvalue weighted by atomic mass is 10.2. The molecular weight excluding hydrogens is 449 g/mol. The number of carbonyl (C=O) groups is 1. The van der Waals surface area contributed by atoms with Crippen LogP contribution in [-0.2, 0) is 24.1 Å². The number of hydrogen-bond acceptors (Lipinski definition) is 3. The van der Waals surface area contributed by atoms with Crippen LogP contribution in [0.15, 0.2) is 30.6 Å². The van der Waals surface area contributed by atoms with Gasteiger partial charge >= 0.3 is 6.18 Å². The van der Waals surface area contributed by atoms with Crippen LogP contribution in [0.5, 0.6) is 0 Å². The summed E-state index contributed by atoms with van der Waals surface area (Å²) in [6.07, 6.45) is -1.96. The maximum absolute atomic E-state index is 13.9. The number of alkyl halides is 3. The predicted octanol–water partition coefficient (Wildman–Crippen LogP) is 4.93. The second-order valence-corrected chi connectivity index (χ2v) is 7.18. The first-order valence-electron chi connectivity index (χ1n) is 8.61. The maximum Gasteiger partial charge on any atom is 0.436 e. The van der Waals surface area contributed by atoms with Gasteiger partial charge in [0.25, 0.3) is 0 Å². The maximum atomic E-state index is 13.9. The van der Waals surface area contributed by atoms with Crippen LogP contribution in [0.4, 0.5) is 23.2 Å². The van der Waals surface area contributed by atoms with Crippen molar-refractivity contribution in [3.05, 3.63) is 63.4 Å². The van der Waals surface area contributed by atoms with Crippen molar-refractivity contribution in [2.45, 2.75) is 32.6 Å². The highest BCUT2D eigenvalue weighted by molar-refractivity contribution is 6.32. The monoisotopic (exact) mass is 463 g/mol. The van der Waals surface area contributed by atoms with E-state index >= 15 is 0 Å². The predicted molar refractivity (Wildman–Crippen MR) is 103 cm³/mol. The minimum atomic E-state index is -4.68. The summed E-state index contributed by atoms with van der Waals surface area (Å²) in [7, 11) is 0. The Morgan fingerprint density at radius 3 is 2.63 bits per heavy atom. The summed E-state index contributed by atoms with van der Waals surface area (Å²) in [5, 5.41) is 9.82. The molecule has 1 amide bonds. The number of amides is 1. The van der Waals surface area contributed by atoms with Crippen molar-refractivity contribution in [1.82, 2.24) is 19.6 Å². The van der Waals surface area contributed by atoms with Gasteiger partial charge in [0, 0.05) is 23.2 Å². The zero-order valence-corrected chi connectivity index (χ0v) is 17.0. The third-order valence-corrected chi connectivity index (χ3v) is 5.06. The third kappa shape index (κ3) is 4.93. The zero-order valence-electron chi connectivity index (χ0n) is 15.5. The number of aromatic nitrogens is 4. The van der Waals surface area contributed by atoms with E-state index in [-0.39, 0.29) is 35.8 Å². The normalized spacial score (nSPS) is 11.7. The molecule has 1 aromatic carbocycles. The van der Waals surface area contributed by atoms with Gasteiger partial charge in [0.2, 0.25) is 5.91 Å². The highest BCUT2D eigenvalue weighted by Gasteiger charge is 2.38. The Morgan fingerprint density at radius 1 is 1.27 bits per heavy atom. The molecule has 30 heavy (non-hydrogen) atoms. The molecule has 6 nitrogen and oxygen atoms in total. The van der Waals surface area contributed by atoms with E-state index in [4.69, 9.17) is 23.2 Å². The Hall–Kier alpha value is -2.59. The van der Waals surface area contributed by atoms with Crippen molar-refractivity contribution in [2.24, 2.45) is 0 Å². The smallest absolute Gasteiger partial charge is 0.323 e. The molecule has 0 aliphatic rings. The Balaban J connectivity index is 1.60. The third-order valence-electron chi connectivity index (χ3n) is 4.25. The lowest BCUT2D eigenvalue weighted by Crippen LogP contribution is -2.16. The highest BCUT2D eigenvalue weighted by Crippen LogP contribution is 2.35. The minimum Gasteiger partial charge on any atom is -0.323 e. The molecule has 3 aromatic rings. The van der Waals surface area contributed by atoms with Crippen molar-refractivity contribution in [3.63, 3.8) is 0 Å². The largest absolute Gasteiger partial charge is 0.436 e. The molecular formula is C18H15Cl2F4N5O. The van der Waals surface area contributed by atoms with Crippen LogP contribution in [0.1, 0.15) is 23.4 Å². The van der Waals surface area contributed by atoms with E-state index in [9.17, 15) is 22.4 Å². The number of nitrogens with zero attached hydrogens (tertiary/aromatic N) is 4. The molecule has 0 atom stereocenters. The summed E-state index contributed by atoms with van der Waals surface area (Å²) < 4.78 is 54.9. The Kier molecular flexibility index (Phi) is 6.37. The van der Waals surface area contributed by atoms with E-state index in [0.717, 1.165) is 4.68 Å². The van der Waals surface area contributed by atoms with Gasteiger partial charge in [-0.25, -0.2) is 4.39 Å². The number of nitrogens with one attached hydrogen (secondary N) is 1. The van der Waals surface area contributed by atoms with Crippen LogP contribution >= 0.6 is 23.2 Å². The van der Waals surface area contributed by atoms with Crippen LogP contribution in [0.3, 0.4) is 0 Å². The molecule has 0 unspecified atom stereocenters. The van der Waals surface area contributed by atoms with Crippen molar-refractivity contribution in [1.29, 1.82) is 0 Å². The molecule has 0 spiro atoms. The molecule has 2 heterocycles. The topological polar surface area (TPSA) is 64.7 Å². The van der Waals surface area contributed by atoms with Gasteiger partial charge in [0.1, 0.15) is 5.82 Å². The summed E-state index contributed by atoms with van der Waals surface area (Å²) >= 11 is 11.7. The summed E-state index contributed by atoms with van der Waals surface area (Å²) in [5.74, 6) is -0.937. The van der Waals surface area contributed by atoms with E-state index in [1.807, 2.05) is 0 Å². The molecule has 160 valence electrons. The fraction of sp³-hybridized carbons (Fsp3) is 0.278. The Morgan fingerprint density at radius 2 is 2.00 bits per heavy atom. The van der Waals surface area contributed by atoms with Crippen molar-refractivity contribution >= 4 is 34.8 Å². The quantitative estimate of drug-likeness (QED) is 0.527. The first kappa shape index (κ1) is 22.1. The number of hydrogen-bond donors (Lipinski definition) is 1. The fourth-order valence-electron chi connectivity index (χ4n) is 2.71. The van der Waals surface area contributed by atoms with Gasteiger partial charge in [-0.1, -0.05) is 29.3 Å². The standard InChI is InChI=1S/C18H15Cl2F4N5O/c1-10-16(20)17(18(22,23)24)27-29(10)6-5-15(30)26-11-7-25-28(8-11)9-12-13(19)3-2-4-14(12)21/h2-4,7-8H,5-6,9H2,1H3,(H,26,30). The molecule has 12 heteroatoms. The molecule has 0 fully saturated rings. The van der Waals surface area contributed by atoms with E-state index in [0.29, 0.717) is 5.69 Å². The van der Waals surface area contributed by atoms with Crippen LogP contribution in [0, 0.1) is 12.7 Å². The van der Waals surface area contributed by atoms with Gasteiger partial charge in [-0.2, -0.15) is 23.4 Å². The molecule has 1 N–H and O–H groups in total. The first-order valence-corrected chi connectivity index (χ1v) is 9.37. The fourth-order valence-corrected chi connectivity index (χ4v) is 3.18. The Labute approximate surface area is 178 Å². The van der Waals surface area contributed by atoms with Gasteiger partial charge in [0.05, 0.1) is 35.7 Å². The number of benzene rings is 1. The Bertz CT molecular complexity index is 1060. The average Bonchev–Trinajstić information content (AvgIpc) is 3.21. The molecule has 0 saturated heterocycles. The highest BCUT2D eigenvalue weighted by atomic mass is 35.5. The number of rotatable bonds is 6. The minimum absolute atomic E-state index is 0.0621. The van der Waals surface area contributed by atoms with E-state index in [2.05, 4.69) is 15.5 Å².